The van der Waals surface area contributed by atoms with Crippen molar-refractivity contribution in [2.75, 3.05) is 17.6 Å². The molecule has 3 aromatic rings. The summed E-state index contributed by atoms with van der Waals surface area (Å²) in [5, 5.41) is 24.3. The number of aliphatic hydroxyl groups excluding tert-OH is 1. The van der Waals surface area contributed by atoms with Crippen molar-refractivity contribution in [3.63, 3.8) is 0 Å². The molecule has 2 aromatic heterocycles. The Kier molecular flexibility index (Phi) is 6.18. The van der Waals surface area contributed by atoms with E-state index in [1.807, 2.05) is 24.3 Å². The van der Waals surface area contributed by atoms with Crippen molar-refractivity contribution in [2.45, 2.75) is 19.6 Å². The molecule has 3 rings (SSSR count). The average molecular weight is 376 g/mol. The molecule has 7 nitrogen and oxygen atoms in total. The van der Waals surface area contributed by atoms with Gasteiger partial charge < -0.3 is 26.9 Å². The number of hydrogen-bond acceptors (Lipinski definition) is 7. The predicted octanol–water partition coefficient (Wildman–Crippen LogP) is 2.78. The summed E-state index contributed by atoms with van der Waals surface area (Å²) in [5.41, 5.74) is 9.86. The van der Waals surface area contributed by atoms with Gasteiger partial charge in [-0.25, -0.2) is 4.98 Å². The number of anilines is 2. The number of nitrogens with one attached hydrogen (secondary N) is 3. The van der Waals surface area contributed by atoms with E-state index in [0.29, 0.717) is 35.9 Å². The van der Waals surface area contributed by atoms with Crippen LogP contribution in [0.25, 0.3) is 16.5 Å². The first-order chi connectivity index (χ1) is 13.6. The van der Waals surface area contributed by atoms with Crippen LogP contribution in [0.1, 0.15) is 18.2 Å². The minimum absolute atomic E-state index is 0.397. The van der Waals surface area contributed by atoms with Crippen LogP contribution >= 0.6 is 0 Å². The van der Waals surface area contributed by atoms with Gasteiger partial charge >= 0.3 is 0 Å². The zero-order valence-electron chi connectivity index (χ0n) is 15.7. The number of benzene rings is 1. The second-order valence-corrected chi connectivity index (χ2v) is 6.52. The van der Waals surface area contributed by atoms with Crippen LogP contribution in [0.15, 0.2) is 54.9 Å². The standard InChI is InChI=1S/C21H24N6O/c1-14(28)11-24-13-17(10-22)20-7-5-18(23)21(27-20)26-12-15-4-6-19-16(9-15)3-2-8-25-19/h2-10,13-14,22,24,28H,11-12,23H2,1H3,(H,26,27)/b17-13+,22-10?. The molecule has 1 aromatic carbocycles. The van der Waals surface area contributed by atoms with Crippen molar-refractivity contribution in [2.24, 2.45) is 0 Å². The molecule has 0 amide bonds. The topological polar surface area (TPSA) is 120 Å². The SMILES string of the molecule is CC(O)CN/C=C(\C=N)c1ccc(N)c(NCc2ccc3ncccc3c2)n1. The molecule has 7 heteroatoms. The second-order valence-electron chi connectivity index (χ2n) is 6.52. The van der Waals surface area contributed by atoms with Gasteiger partial charge in [-0.1, -0.05) is 12.1 Å². The lowest BCUT2D eigenvalue weighted by atomic mass is 10.1. The van der Waals surface area contributed by atoms with E-state index < -0.39 is 6.10 Å². The smallest absolute Gasteiger partial charge is 0.150 e. The molecule has 144 valence electrons. The van der Waals surface area contributed by atoms with E-state index in [-0.39, 0.29) is 0 Å². The zero-order chi connectivity index (χ0) is 19.9. The van der Waals surface area contributed by atoms with E-state index in [4.69, 9.17) is 11.1 Å². The lowest BCUT2D eigenvalue weighted by Crippen LogP contribution is -2.20. The van der Waals surface area contributed by atoms with Gasteiger partial charge in [0.25, 0.3) is 0 Å². The molecule has 0 aliphatic rings. The van der Waals surface area contributed by atoms with Crippen molar-refractivity contribution < 1.29 is 5.11 Å². The summed E-state index contributed by atoms with van der Waals surface area (Å²) < 4.78 is 0. The Morgan fingerprint density at radius 2 is 2.14 bits per heavy atom. The minimum atomic E-state index is -0.475. The molecule has 0 aliphatic heterocycles. The number of fused-ring (bicyclic) bond motifs is 1. The minimum Gasteiger partial charge on any atom is -0.396 e. The monoisotopic (exact) mass is 376 g/mol. The van der Waals surface area contributed by atoms with E-state index in [0.717, 1.165) is 16.5 Å². The molecule has 0 saturated heterocycles. The van der Waals surface area contributed by atoms with Gasteiger partial charge in [0.15, 0.2) is 0 Å². The quantitative estimate of drug-likeness (QED) is 0.386. The number of allylic oxidation sites excluding steroid dienone is 1. The number of nitrogen functional groups attached to an aromatic ring is 1. The maximum Gasteiger partial charge on any atom is 0.150 e. The van der Waals surface area contributed by atoms with Crippen molar-refractivity contribution in [3.05, 3.63) is 66.1 Å². The lowest BCUT2D eigenvalue weighted by molar-refractivity contribution is 0.196. The summed E-state index contributed by atoms with van der Waals surface area (Å²) in [7, 11) is 0. The Balaban J connectivity index is 1.75. The summed E-state index contributed by atoms with van der Waals surface area (Å²) >= 11 is 0. The Hall–Kier alpha value is -3.45. The summed E-state index contributed by atoms with van der Waals surface area (Å²) in [6.45, 7) is 2.65. The van der Waals surface area contributed by atoms with Crippen LogP contribution in [0.3, 0.4) is 0 Å². The number of rotatable bonds is 8. The van der Waals surface area contributed by atoms with Crippen molar-refractivity contribution in [1.29, 1.82) is 5.41 Å². The van der Waals surface area contributed by atoms with E-state index in [1.54, 1.807) is 31.5 Å². The molecule has 1 unspecified atom stereocenters. The molecule has 0 fully saturated rings. The number of pyridine rings is 2. The number of aliphatic hydroxyl groups is 1. The van der Waals surface area contributed by atoms with E-state index >= 15 is 0 Å². The van der Waals surface area contributed by atoms with E-state index in [1.165, 1.54) is 6.21 Å². The van der Waals surface area contributed by atoms with Crippen LogP contribution in [0, 0.1) is 5.41 Å². The highest BCUT2D eigenvalue weighted by molar-refractivity contribution is 6.07. The molecular formula is C21H24N6O. The fourth-order valence-electron chi connectivity index (χ4n) is 2.72. The van der Waals surface area contributed by atoms with Crippen molar-refractivity contribution in [1.82, 2.24) is 15.3 Å². The second kappa shape index (κ2) is 8.96. The van der Waals surface area contributed by atoms with Crippen LogP contribution in [0.2, 0.25) is 0 Å². The fraction of sp³-hybridized carbons (Fsp3) is 0.190. The third-order valence-electron chi connectivity index (χ3n) is 4.18. The number of nitrogens with two attached hydrogens (primary N) is 1. The number of hydrogen-bond donors (Lipinski definition) is 5. The Morgan fingerprint density at radius 3 is 2.93 bits per heavy atom. The zero-order valence-corrected chi connectivity index (χ0v) is 15.7. The molecule has 2 heterocycles. The molecule has 0 aliphatic carbocycles. The van der Waals surface area contributed by atoms with Gasteiger partial charge in [-0.3, -0.25) is 4.98 Å². The van der Waals surface area contributed by atoms with Crippen LogP contribution in [0.4, 0.5) is 11.5 Å². The maximum atomic E-state index is 9.34. The highest BCUT2D eigenvalue weighted by Crippen LogP contribution is 2.21. The summed E-state index contributed by atoms with van der Waals surface area (Å²) in [4.78, 5) is 8.88. The third-order valence-corrected chi connectivity index (χ3v) is 4.18. The average Bonchev–Trinajstić information content (AvgIpc) is 2.70. The maximum absolute atomic E-state index is 9.34. The number of aromatic nitrogens is 2. The van der Waals surface area contributed by atoms with Gasteiger partial charge in [-0.05, 0) is 42.8 Å². The normalized spacial score (nSPS) is 12.6. The van der Waals surface area contributed by atoms with Gasteiger partial charge in [-0.2, -0.15) is 0 Å². The highest BCUT2D eigenvalue weighted by atomic mass is 16.3. The van der Waals surface area contributed by atoms with Gasteiger partial charge in [0, 0.05) is 42.7 Å². The highest BCUT2D eigenvalue weighted by Gasteiger charge is 2.07. The van der Waals surface area contributed by atoms with Crippen LogP contribution in [-0.2, 0) is 6.54 Å². The van der Waals surface area contributed by atoms with E-state index in [2.05, 4.69) is 26.7 Å². The van der Waals surface area contributed by atoms with Crippen molar-refractivity contribution >= 4 is 34.2 Å². The first kappa shape index (κ1) is 19.3. The molecule has 0 bridgehead atoms. The molecule has 28 heavy (non-hydrogen) atoms. The summed E-state index contributed by atoms with van der Waals surface area (Å²) in [6, 6.07) is 13.6. The largest absolute Gasteiger partial charge is 0.396 e. The lowest BCUT2D eigenvalue weighted by Gasteiger charge is -2.12. The van der Waals surface area contributed by atoms with E-state index in [9.17, 15) is 5.11 Å². The first-order valence-corrected chi connectivity index (χ1v) is 9.03. The Morgan fingerprint density at radius 1 is 1.29 bits per heavy atom. The fourth-order valence-corrected chi connectivity index (χ4v) is 2.72. The van der Waals surface area contributed by atoms with Crippen LogP contribution < -0.4 is 16.4 Å². The van der Waals surface area contributed by atoms with Crippen LogP contribution in [-0.4, -0.2) is 33.9 Å². The third kappa shape index (κ3) is 4.83. The Bertz CT molecular complexity index is 999. The first-order valence-electron chi connectivity index (χ1n) is 9.03. The predicted molar refractivity (Wildman–Crippen MR) is 114 cm³/mol. The molecule has 0 saturated carbocycles. The molecule has 0 radical (unpaired) electrons. The molecule has 6 N–H and O–H groups in total. The van der Waals surface area contributed by atoms with Gasteiger partial charge in [-0.15, -0.1) is 0 Å². The summed E-state index contributed by atoms with van der Waals surface area (Å²) in [5.74, 6) is 0.562. The molecule has 1 atom stereocenters. The van der Waals surface area contributed by atoms with Gasteiger partial charge in [0.2, 0.25) is 0 Å². The van der Waals surface area contributed by atoms with Crippen LogP contribution in [0.5, 0.6) is 0 Å². The summed E-state index contributed by atoms with van der Waals surface area (Å²) in [6.07, 6.45) is 4.18. The van der Waals surface area contributed by atoms with Gasteiger partial charge in [0.05, 0.1) is 23.0 Å². The van der Waals surface area contributed by atoms with Gasteiger partial charge in [0.1, 0.15) is 5.82 Å². The molecular weight excluding hydrogens is 352 g/mol. The number of nitrogens with zero attached hydrogens (tertiary/aromatic N) is 2. The molecule has 0 spiro atoms. The van der Waals surface area contributed by atoms with Crippen molar-refractivity contribution in [3.8, 4) is 0 Å². The Labute approximate surface area is 163 Å².